The van der Waals surface area contributed by atoms with Crippen molar-refractivity contribution in [3.63, 3.8) is 0 Å². The minimum absolute atomic E-state index is 0.0339. The second kappa shape index (κ2) is 9.37. The molecule has 1 aromatic carbocycles. The van der Waals surface area contributed by atoms with E-state index < -0.39 is 12.2 Å². The normalized spacial score (nSPS) is 13.4. The first-order valence-electron chi connectivity index (χ1n) is 11.3. The number of H-pyrrole nitrogens is 1. The summed E-state index contributed by atoms with van der Waals surface area (Å²) in [4.78, 5) is 27.8. The molecule has 1 fully saturated rings. The molecule has 0 saturated heterocycles. The summed E-state index contributed by atoms with van der Waals surface area (Å²) in [5.74, 6) is 0.988. The van der Waals surface area contributed by atoms with E-state index in [0.717, 1.165) is 35.6 Å². The van der Waals surface area contributed by atoms with E-state index in [1.807, 2.05) is 49.8 Å². The molecule has 1 aliphatic rings. The van der Waals surface area contributed by atoms with Crippen LogP contribution < -0.4 is 14.9 Å². The average molecular weight is 514 g/mol. The van der Waals surface area contributed by atoms with Gasteiger partial charge in [-0.15, -0.1) is 0 Å². The van der Waals surface area contributed by atoms with Crippen LogP contribution in [0.1, 0.15) is 30.9 Å². The van der Waals surface area contributed by atoms with Gasteiger partial charge in [0.25, 0.3) is 6.43 Å². The van der Waals surface area contributed by atoms with Crippen LogP contribution in [0, 0.1) is 12.8 Å². The van der Waals surface area contributed by atoms with Gasteiger partial charge in [0.15, 0.2) is 17.3 Å². The summed E-state index contributed by atoms with van der Waals surface area (Å²) in [6.45, 7) is 1.83. The second-order valence-corrected chi connectivity index (χ2v) is 9.50. The van der Waals surface area contributed by atoms with Gasteiger partial charge in [-0.3, -0.25) is 4.79 Å². The molecule has 0 bridgehead atoms. The van der Waals surface area contributed by atoms with Gasteiger partial charge in [-0.25, -0.2) is 28.4 Å². The Bertz CT molecular complexity index is 1450. The number of benzene rings is 1. The van der Waals surface area contributed by atoms with Gasteiger partial charge in [0.1, 0.15) is 17.2 Å². The van der Waals surface area contributed by atoms with Gasteiger partial charge in [0, 0.05) is 37.9 Å². The molecule has 3 heterocycles. The van der Waals surface area contributed by atoms with Crippen molar-refractivity contribution in [2.75, 3.05) is 28.2 Å². The van der Waals surface area contributed by atoms with Crippen molar-refractivity contribution in [3.8, 4) is 11.4 Å². The lowest BCUT2D eigenvalue weighted by atomic mass is 10.1. The van der Waals surface area contributed by atoms with Crippen molar-refractivity contribution >= 4 is 51.9 Å². The molecular weight excluding hydrogens is 488 g/mol. The van der Waals surface area contributed by atoms with Crippen LogP contribution in [0.15, 0.2) is 24.3 Å². The van der Waals surface area contributed by atoms with Crippen molar-refractivity contribution in [1.29, 1.82) is 0 Å². The number of fused-ring (bicyclic) bond motifs is 1. The van der Waals surface area contributed by atoms with E-state index in [1.165, 1.54) is 11.9 Å². The Morgan fingerprint density at radius 1 is 1.22 bits per heavy atom. The quantitative estimate of drug-likeness (QED) is 0.288. The molecule has 188 valence electrons. The minimum atomic E-state index is -2.79. The van der Waals surface area contributed by atoms with Crippen LogP contribution in [0.25, 0.3) is 22.6 Å². The van der Waals surface area contributed by atoms with Crippen LogP contribution in [0.2, 0.25) is 0 Å². The fraction of sp³-hybridized carbons (Fsp3) is 0.348. The Morgan fingerprint density at radius 2 is 2.00 bits per heavy atom. The number of anilines is 4. The summed E-state index contributed by atoms with van der Waals surface area (Å²) >= 11 is 1.51. The second-order valence-electron chi connectivity index (χ2n) is 8.58. The molecular formula is C23H25F2N9OS. The Balaban J connectivity index is 1.57. The molecule has 0 spiro atoms. The summed E-state index contributed by atoms with van der Waals surface area (Å²) < 4.78 is 30.5. The molecule has 3 N–H and O–H groups in total. The summed E-state index contributed by atoms with van der Waals surface area (Å²) in [6.07, 6.45) is 0.824. The zero-order chi connectivity index (χ0) is 25.6. The van der Waals surface area contributed by atoms with Crippen molar-refractivity contribution in [2.45, 2.75) is 26.2 Å². The number of aromatic amines is 1. The number of aryl methyl sites for hydroxylation is 2. The summed E-state index contributed by atoms with van der Waals surface area (Å²) in [5.41, 5.74) is 3.30. The van der Waals surface area contributed by atoms with Crippen LogP contribution >= 0.6 is 11.9 Å². The van der Waals surface area contributed by atoms with Gasteiger partial charge >= 0.3 is 0 Å². The first-order chi connectivity index (χ1) is 17.2. The van der Waals surface area contributed by atoms with Crippen LogP contribution in [0.3, 0.4) is 0 Å². The van der Waals surface area contributed by atoms with Crippen molar-refractivity contribution < 1.29 is 13.6 Å². The van der Waals surface area contributed by atoms with E-state index in [9.17, 15) is 13.6 Å². The molecule has 1 saturated carbocycles. The number of amides is 1. The smallest absolute Gasteiger partial charge is 0.295 e. The highest BCUT2D eigenvalue weighted by Gasteiger charge is 2.30. The summed E-state index contributed by atoms with van der Waals surface area (Å²) in [7, 11) is 3.76. The highest BCUT2D eigenvalue weighted by Crippen LogP contribution is 2.37. The van der Waals surface area contributed by atoms with Crippen LogP contribution in [0.4, 0.5) is 31.7 Å². The number of hydrogen-bond donors (Lipinski definition) is 3. The van der Waals surface area contributed by atoms with Crippen LogP contribution in [-0.4, -0.2) is 48.9 Å². The fourth-order valence-corrected chi connectivity index (χ4v) is 4.24. The molecule has 4 aromatic rings. The topological polar surface area (TPSA) is 117 Å². The Hall–Kier alpha value is -3.74. The Kier molecular flexibility index (Phi) is 6.24. The highest BCUT2D eigenvalue weighted by atomic mass is 32.2. The Morgan fingerprint density at radius 3 is 2.64 bits per heavy atom. The molecule has 0 atom stereocenters. The lowest BCUT2D eigenvalue weighted by molar-refractivity contribution is -0.117. The average Bonchev–Trinajstić information content (AvgIpc) is 3.52. The lowest BCUT2D eigenvalue weighted by Crippen LogP contribution is -2.14. The zero-order valence-corrected chi connectivity index (χ0v) is 21.0. The molecule has 10 nitrogen and oxygen atoms in total. The molecule has 1 amide bonds. The number of nitrogens with zero attached hydrogens (tertiary/aromatic N) is 6. The molecule has 0 aliphatic heterocycles. The maximum atomic E-state index is 13.4. The maximum absolute atomic E-state index is 13.4. The van der Waals surface area contributed by atoms with Gasteiger partial charge < -0.3 is 19.9 Å². The van der Waals surface area contributed by atoms with E-state index in [2.05, 4.69) is 35.7 Å². The monoisotopic (exact) mass is 513 g/mol. The molecule has 13 heteroatoms. The lowest BCUT2D eigenvalue weighted by Gasteiger charge is -2.21. The maximum Gasteiger partial charge on any atom is 0.295 e. The molecule has 0 radical (unpaired) electrons. The third-order valence-electron chi connectivity index (χ3n) is 5.89. The van der Waals surface area contributed by atoms with Crippen molar-refractivity contribution in [3.05, 3.63) is 35.9 Å². The van der Waals surface area contributed by atoms with E-state index in [-0.39, 0.29) is 23.3 Å². The third kappa shape index (κ3) is 4.70. The first-order valence-corrected chi connectivity index (χ1v) is 12.5. The van der Waals surface area contributed by atoms with Gasteiger partial charge in [-0.05, 0) is 38.0 Å². The zero-order valence-electron chi connectivity index (χ0n) is 20.1. The van der Waals surface area contributed by atoms with E-state index in [1.54, 1.807) is 10.7 Å². The number of hydrogen-bond acceptors (Lipinski definition) is 8. The first kappa shape index (κ1) is 24.0. The number of carbonyl (C=O) groups excluding carboxylic acids is 1. The van der Waals surface area contributed by atoms with Crippen molar-refractivity contribution in [1.82, 2.24) is 29.7 Å². The molecule has 5 rings (SSSR count). The number of nitrogens with one attached hydrogen (secondary N) is 3. The number of alkyl halides is 2. The number of pyridine rings is 1. The van der Waals surface area contributed by atoms with Crippen LogP contribution in [0.5, 0.6) is 0 Å². The molecule has 36 heavy (non-hydrogen) atoms. The van der Waals surface area contributed by atoms with E-state index in [0.29, 0.717) is 17.0 Å². The third-order valence-corrected chi connectivity index (χ3v) is 6.64. The predicted molar refractivity (Wildman–Crippen MR) is 137 cm³/mol. The summed E-state index contributed by atoms with van der Waals surface area (Å²) in [6, 6.07) is 7.41. The van der Waals surface area contributed by atoms with E-state index >= 15 is 0 Å². The SMILES string of the molecule is CSN(C)c1cc(-c2nc(C)nn2C)ccc1Nc1cc(NC(=O)C2CC2)nc2nc(C(F)F)[nH]c12. The fourth-order valence-electron chi connectivity index (χ4n) is 3.89. The number of halogens is 2. The number of rotatable bonds is 8. The van der Waals surface area contributed by atoms with Crippen molar-refractivity contribution in [2.24, 2.45) is 13.0 Å². The molecule has 0 unspecified atom stereocenters. The Labute approximate surface area is 210 Å². The minimum Gasteiger partial charge on any atom is -0.352 e. The van der Waals surface area contributed by atoms with Gasteiger partial charge in [-0.1, -0.05) is 11.9 Å². The van der Waals surface area contributed by atoms with Crippen LogP contribution in [-0.2, 0) is 11.8 Å². The predicted octanol–water partition coefficient (Wildman–Crippen LogP) is 4.81. The van der Waals surface area contributed by atoms with E-state index in [4.69, 9.17) is 0 Å². The standard InChI is InChI=1S/C23H25F2N9OS/c1-11-26-22(33(2)32-11)13-7-8-14(16(9-13)34(3)36-4)27-15-10-17(29-23(35)12-5-6-12)28-20-18(15)30-21(31-20)19(24)25/h7-10,12,19H,5-6H2,1-4H3,(H3,27,28,29,30,31,35). The van der Waals surface area contributed by atoms with Gasteiger partial charge in [0.2, 0.25) is 5.91 Å². The number of carbonyl (C=O) groups is 1. The number of imidazole rings is 1. The van der Waals surface area contributed by atoms with Gasteiger partial charge in [0.05, 0.1) is 17.1 Å². The molecule has 1 aliphatic carbocycles. The largest absolute Gasteiger partial charge is 0.352 e. The number of aromatic nitrogens is 6. The highest BCUT2D eigenvalue weighted by molar-refractivity contribution is 7.99. The summed E-state index contributed by atoms with van der Waals surface area (Å²) in [5, 5.41) is 10.4. The van der Waals surface area contributed by atoms with Gasteiger partial charge in [-0.2, -0.15) is 5.10 Å². The molecule has 3 aromatic heterocycles.